The van der Waals surface area contributed by atoms with E-state index in [1.54, 1.807) is 17.5 Å². The third kappa shape index (κ3) is 3.24. The zero-order valence-corrected chi connectivity index (χ0v) is 12.2. The largest absolute Gasteiger partial charge is 0.398 e. The number of thiazole rings is 1. The molecule has 2 aromatic heterocycles. The fourth-order valence-corrected chi connectivity index (χ4v) is 2.55. The number of carbonyl (C=O) groups is 1. The molecule has 0 atom stereocenters. The molecule has 0 saturated heterocycles. The van der Waals surface area contributed by atoms with E-state index < -0.39 is 0 Å². The van der Waals surface area contributed by atoms with E-state index in [9.17, 15) is 9.59 Å². The van der Waals surface area contributed by atoms with Crippen molar-refractivity contribution in [3.63, 3.8) is 0 Å². The molecule has 2 aromatic rings. The van der Waals surface area contributed by atoms with Gasteiger partial charge in [0.25, 0.3) is 5.56 Å². The maximum Gasteiger partial charge on any atom is 0.251 e. The first-order valence-corrected chi connectivity index (χ1v) is 6.94. The Bertz CT molecular complexity index is 677. The molecule has 0 aliphatic carbocycles. The lowest BCUT2D eigenvalue weighted by Gasteiger charge is -2.17. The normalized spacial score (nSPS) is 10.5. The number of pyridine rings is 1. The molecule has 0 bridgehead atoms. The molecule has 2 rings (SSSR count). The molecule has 0 saturated carbocycles. The summed E-state index contributed by atoms with van der Waals surface area (Å²) >= 11 is 1.51. The van der Waals surface area contributed by atoms with E-state index in [0.29, 0.717) is 12.2 Å². The summed E-state index contributed by atoms with van der Waals surface area (Å²) in [4.78, 5) is 30.5. The minimum absolute atomic E-state index is 0.0157. The number of hydrogen-bond acceptors (Lipinski definition) is 5. The Balaban J connectivity index is 2.06. The van der Waals surface area contributed by atoms with Crippen LogP contribution >= 0.6 is 11.3 Å². The molecule has 0 unspecified atom stereocenters. The third-order valence-corrected chi connectivity index (χ3v) is 3.88. The van der Waals surface area contributed by atoms with Crippen LogP contribution in [0.3, 0.4) is 0 Å². The average Bonchev–Trinajstić information content (AvgIpc) is 2.79. The molecular weight excluding hydrogens is 276 g/mol. The van der Waals surface area contributed by atoms with E-state index >= 15 is 0 Å². The SMILES string of the molecule is Cc1ncsc1CN(C)C(=O)Cn1cc(N)ccc1=O. The van der Waals surface area contributed by atoms with Crippen molar-refractivity contribution in [3.8, 4) is 0 Å². The number of aryl methyl sites for hydroxylation is 1. The molecule has 2 N–H and O–H groups in total. The second kappa shape index (κ2) is 5.87. The lowest BCUT2D eigenvalue weighted by atomic mass is 10.3. The smallest absolute Gasteiger partial charge is 0.251 e. The monoisotopic (exact) mass is 292 g/mol. The molecule has 106 valence electrons. The summed E-state index contributed by atoms with van der Waals surface area (Å²) in [5.41, 5.74) is 8.52. The van der Waals surface area contributed by atoms with Crippen molar-refractivity contribution in [1.82, 2.24) is 14.5 Å². The third-order valence-electron chi connectivity index (χ3n) is 2.96. The van der Waals surface area contributed by atoms with Crippen LogP contribution in [0.4, 0.5) is 5.69 Å². The van der Waals surface area contributed by atoms with Crippen LogP contribution in [0, 0.1) is 6.92 Å². The lowest BCUT2D eigenvalue weighted by molar-refractivity contribution is -0.131. The van der Waals surface area contributed by atoms with E-state index in [4.69, 9.17) is 5.73 Å². The number of hydrogen-bond donors (Lipinski definition) is 1. The number of aromatic nitrogens is 2. The Morgan fingerprint density at radius 1 is 1.50 bits per heavy atom. The Hall–Kier alpha value is -2.15. The first-order chi connectivity index (χ1) is 9.47. The summed E-state index contributed by atoms with van der Waals surface area (Å²) in [7, 11) is 1.71. The predicted octanol–water partition coefficient (Wildman–Crippen LogP) is 0.854. The van der Waals surface area contributed by atoms with Gasteiger partial charge in [0.15, 0.2) is 0 Å². The van der Waals surface area contributed by atoms with Crippen molar-refractivity contribution in [2.75, 3.05) is 12.8 Å². The topological polar surface area (TPSA) is 81.2 Å². The van der Waals surface area contributed by atoms with Crippen molar-refractivity contribution in [3.05, 3.63) is 44.8 Å². The number of nitrogen functional groups attached to an aromatic ring is 1. The van der Waals surface area contributed by atoms with Crippen molar-refractivity contribution in [1.29, 1.82) is 0 Å². The molecular formula is C13H16N4O2S. The predicted molar refractivity (Wildman–Crippen MR) is 78.4 cm³/mol. The molecule has 0 aromatic carbocycles. The van der Waals surface area contributed by atoms with Gasteiger partial charge < -0.3 is 15.2 Å². The Morgan fingerprint density at radius 2 is 2.25 bits per heavy atom. The summed E-state index contributed by atoms with van der Waals surface area (Å²) in [5, 5.41) is 0. The summed E-state index contributed by atoms with van der Waals surface area (Å²) in [6.07, 6.45) is 1.48. The van der Waals surface area contributed by atoms with Gasteiger partial charge in [-0.25, -0.2) is 4.98 Å². The standard InChI is InChI=1S/C13H16N4O2S/c1-9-11(20-8-15-9)6-16(2)13(19)7-17-5-10(14)3-4-12(17)18/h3-5,8H,6-7,14H2,1-2H3. The van der Waals surface area contributed by atoms with Crippen LogP contribution in [-0.2, 0) is 17.9 Å². The van der Waals surface area contributed by atoms with Crippen LogP contribution in [0.2, 0.25) is 0 Å². The minimum Gasteiger partial charge on any atom is -0.398 e. The van der Waals surface area contributed by atoms with Gasteiger partial charge in [-0.1, -0.05) is 0 Å². The Labute approximate surface area is 120 Å². The van der Waals surface area contributed by atoms with Crippen molar-refractivity contribution >= 4 is 22.9 Å². The lowest BCUT2D eigenvalue weighted by Crippen LogP contribution is -2.33. The summed E-state index contributed by atoms with van der Waals surface area (Å²) in [5.74, 6) is -0.148. The summed E-state index contributed by atoms with van der Waals surface area (Å²) < 4.78 is 1.31. The highest BCUT2D eigenvalue weighted by atomic mass is 32.1. The van der Waals surface area contributed by atoms with Crippen LogP contribution in [0.5, 0.6) is 0 Å². The van der Waals surface area contributed by atoms with Crippen molar-refractivity contribution in [2.45, 2.75) is 20.0 Å². The van der Waals surface area contributed by atoms with E-state index in [0.717, 1.165) is 10.6 Å². The van der Waals surface area contributed by atoms with Crippen LogP contribution in [-0.4, -0.2) is 27.4 Å². The Morgan fingerprint density at radius 3 is 2.90 bits per heavy atom. The molecule has 1 amide bonds. The highest BCUT2D eigenvalue weighted by Crippen LogP contribution is 2.14. The van der Waals surface area contributed by atoms with Crippen molar-refractivity contribution < 1.29 is 4.79 Å². The fraction of sp³-hybridized carbons (Fsp3) is 0.308. The first kappa shape index (κ1) is 14.3. The van der Waals surface area contributed by atoms with Gasteiger partial charge in [0.05, 0.1) is 17.7 Å². The molecule has 2 heterocycles. The van der Waals surface area contributed by atoms with Gasteiger partial charge in [0.2, 0.25) is 5.91 Å². The molecule has 0 aliphatic heterocycles. The highest BCUT2D eigenvalue weighted by Gasteiger charge is 2.13. The molecule has 0 spiro atoms. The van der Waals surface area contributed by atoms with Crippen LogP contribution in [0.1, 0.15) is 10.6 Å². The molecule has 7 heteroatoms. The summed E-state index contributed by atoms with van der Waals surface area (Å²) in [6, 6.07) is 2.88. The zero-order chi connectivity index (χ0) is 14.7. The maximum absolute atomic E-state index is 12.1. The number of nitrogens with two attached hydrogens (primary N) is 1. The minimum atomic E-state index is -0.241. The van der Waals surface area contributed by atoms with Crippen LogP contribution < -0.4 is 11.3 Å². The van der Waals surface area contributed by atoms with Gasteiger partial charge in [-0.2, -0.15) is 0 Å². The van der Waals surface area contributed by atoms with Gasteiger partial charge in [0, 0.05) is 29.9 Å². The molecule has 6 nitrogen and oxygen atoms in total. The second-order valence-corrected chi connectivity index (χ2v) is 5.48. The fourth-order valence-electron chi connectivity index (χ4n) is 1.72. The van der Waals surface area contributed by atoms with Gasteiger partial charge in [-0.15, -0.1) is 11.3 Å². The quantitative estimate of drug-likeness (QED) is 0.906. The first-order valence-electron chi connectivity index (χ1n) is 6.06. The van der Waals surface area contributed by atoms with Gasteiger partial charge in [-0.05, 0) is 13.0 Å². The number of likely N-dealkylation sites (N-methyl/N-ethyl adjacent to an activating group) is 1. The number of amides is 1. The summed E-state index contributed by atoms with van der Waals surface area (Å²) in [6.45, 7) is 2.39. The van der Waals surface area contributed by atoms with Gasteiger partial charge in [0.1, 0.15) is 6.54 Å². The maximum atomic E-state index is 12.1. The van der Waals surface area contributed by atoms with E-state index in [2.05, 4.69) is 4.98 Å². The van der Waals surface area contributed by atoms with Crippen LogP contribution in [0.25, 0.3) is 0 Å². The van der Waals surface area contributed by atoms with Gasteiger partial charge >= 0.3 is 0 Å². The average molecular weight is 292 g/mol. The molecule has 0 radical (unpaired) electrons. The van der Waals surface area contributed by atoms with Crippen molar-refractivity contribution in [2.24, 2.45) is 0 Å². The van der Waals surface area contributed by atoms with E-state index in [-0.39, 0.29) is 18.0 Å². The second-order valence-electron chi connectivity index (χ2n) is 4.54. The molecule has 0 fully saturated rings. The highest BCUT2D eigenvalue weighted by molar-refractivity contribution is 7.09. The molecule has 0 aliphatic rings. The number of nitrogens with zero attached hydrogens (tertiary/aromatic N) is 3. The zero-order valence-electron chi connectivity index (χ0n) is 11.4. The van der Waals surface area contributed by atoms with E-state index in [1.807, 2.05) is 6.92 Å². The number of carbonyl (C=O) groups excluding carboxylic acids is 1. The van der Waals surface area contributed by atoms with Gasteiger partial charge in [-0.3, -0.25) is 9.59 Å². The molecule has 20 heavy (non-hydrogen) atoms. The van der Waals surface area contributed by atoms with E-state index in [1.165, 1.54) is 34.2 Å². The number of rotatable bonds is 4. The Kier molecular flexibility index (Phi) is 4.19. The number of anilines is 1. The van der Waals surface area contributed by atoms with Crippen LogP contribution in [0.15, 0.2) is 28.6 Å².